The van der Waals surface area contributed by atoms with Crippen LogP contribution in [0, 0.1) is 13.8 Å². The lowest BCUT2D eigenvalue weighted by atomic mass is 10.1. The molecule has 21 heavy (non-hydrogen) atoms. The van der Waals surface area contributed by atoms with E-state index in [4.69, 9.17) is 4.74 Å². The summed E-state index contributed by atoms with van der Waals surface area (Å²) in [5, 5.41) is 9.89. The molecule has 0 aliphatic heterocycles. The van der Waals surface area contributed by atoms with E-state index in [0.717, 1.165) is 22.6 Å². The molecular weight excluding hydrogens is 288 g/mol. The number of hydrogen-bond donors (Lipinski definition) is 1. The molecule has 0 fully saturated rings. The van der Waals surface area contributed by atoms with E-state index >= 15 is 0 Å². The van der Waals surface area contributed by atoms with E-state index < -0.39 is 5.97 Å². The molecule has 1 aromatic carbocycles. The second-order valence-corrected chi connectivity index (χ2v) is 5.84. The van der Waals surface area contributed by atoms with Gasteiger partial charge in [-0.3, -0.25) is 0 Å². The second-order valence-electron chi connectivity index (χ2n) is 4.86. The number of anilines is 2. The van der Waals surface area contributed by atoms with Crippen LogP contribution in [0.3, 0.4) is 0 Å². The Balaban J connectivity index is 2.41. The number of nitrogens with zero attached hydrogens (tertiary/aromatic N) is 2. The van der Waals surface area contributed by atoms with Crippen LogP contribution in [0.5, 0.6) is 0 Å². The first-order chi connectivity index (χ1) is 9.93. The van der Waals surface area contributed by atoms with Crippen molar-refractivity contribution < 1.29 is 14.6 Å². The van der Waals surface area contributed by atoms with Crippen LogP contribution in [0.15, 0.2) is 18.2 Å². The first-order valence-electron chi connectivity index (χ1n) is 6.47. The monoisotopic (exact) mass is 306 g/mol. The molecule has 1 heterocycles. The fourth-order valence-electron chi connectivity index (χ4n) is 2.17. The Labute approximate surface area is 127 Å². The summed E-state index contributed by atoms with van der Waals surface area (Å²) in [6, 6.07) is 6.14. The minimum atomic E-state index is -0.972. The van der Waals surface area contributed by atoms with Gasteiger partial charge in [0.2, 0.25) is 0 Å². The van der Waals surface area contributed by atoms with E-state index in [9.17, 15) is 9.90 Å². The van der Waals surface area contributed by atoms with E-state index in [-0.39, 0.29) is 11.5 Å². The number of methoxy groups -OCH3 is 1. The fourth-order valence-corrected chi connectivity index (χ4v) is 3.05. The maximum Gasteiger partial charge on any atom is 0.347 e. The molecule has 2 rings (SSSR count). The highest BCUT2D eigenvalue weighted by Gasteiger charge is 2.20. The number of aryl methyl sites for hydroxylation is 2. The highest BCUT2D eigenvalue weighted by Crippen LogP contribution is 2.32. The van der Waals surface area contributed by atoms with Crippen molar-refractivity contribution in [3.63, 3.8) is 0 Å². The molecule has 0 aliphatic rings. The molecule has 1 aromatic heterocycles. The van der Waals surface area contributed by atoms with Crippen molar-refractivity contribution in [1.82, 2.24) is 4.98 Å². The summed E-state index contributed by atoms with van der Waals surface area (Å²) in [6.45, 7) is 4.26. The number of thiazole rings is 1. The van der Waals surface area contributed by atoms with Crippen LogP contribution in [-0.2, 0) is 11.3 Å². The Morgan fingerprint density at radius 1 is 1.43 bits per heavy atom. The molecule has 0 saturated heterocycles. The lowest BCUT2D eigenvalue weighted by molar-refractivity contribution is 0.0697. The van der Waals surface area contributed by atoms with Gasteiger partial charge >= 0.3 is 5.97 Å². The number of aromatic carboxylic acids is 1. The molecular formula is C15H18N2O3S. The van der Waals surface area contributed by atoms with Gasteiger partial charge in [-0.1, -0.05) is 29.0 Å². The van der Waals surface area contributed by atoms with E-state index in [1.807, 2.05) is 37.9 Å². The average molecular weight is 306 g/mol. The molecule has 0 saturated carbocycles. The van der Waals surface area contributed by atoms with Gasteiger partial charge in [0.1, 0.15) is 4.88 Å². The van der Waals surface area contributed by atoms with Crippen LogP contribution in [0.2, 0.25) is 0 Å². The maximum absolute atomic E-state index is 11.3. The van der Waals surface area contributed by atoms with Crippen molar-refractivity contribution in [1.29, 1.82) is 0 Å². The van der Waals surface area contributed by atoms with Gasteiger partial charge in [0.15, 0.2) is 5.13 Å². The van der Waals surface area contributed by atoms with Crippen LogP contribution in [0.25, 0.3) is 0 Å². The van der Waals surface area contributed by atoms with Gasteiger partial charge in [-0.05, 0) is 25.5 Å². The lowest BCUT2D eigenvalue weighted by Gasteiger charge is -2.18. The molecule has 0 radical (unpaired) electrons. The molecule has 2 aromatic rings. The molecule has 0 bridgehead atoms. The minimum absolute atomic E-state index is 0.193. The summed E-state index contributed by atoms with van der Waals surface area (Å²) in [4.78, 5) is 17.8. The summed E-state index contributed by atoms with van der Waals surface area (Å²) >= 11 is 1.16. The summed E-state index contributed by atoms with van der Waals surface area (Å²) in [7, 11) is 3.41. The van der Waals surface area contributed by atoms with E-state index in [1.54, 1.807) is 0 Å². The molecule has 1 N–H and O–H groups in total. The molecule has 5 nitrogen and oxygen atoms in total. The third-order valence-electron chi connectivity index (χ3n) is 3.16. The van der Waals surface area contributed by atoms with Crippen LogP contribution in [0.4, 0.5) is 10.8 Å². The van der Waals surface area contributed by atoms with Gasteiger partial charge in [-0.2, -0.15) is 0 Å². The Morgan fingerprint density at radius 2 is 2.14 bits per heavy atom. The van der Waals surface area contributed by atoms with E-state index in [2.05, 4.69) is 11.1 Å². The highest BCUT2D eigenvalue weighted by atomic mass is 32.1. The Hall–Kier alpha value is -1.92. The van der Waals surface area contributed by atoms with Crippen LogP contribution in [0.1, 0.15) is 26.5 Å². The number of carboxylic acids is 1. The van der Waals surface area contributed by atoms with E-state index in [0.29, 0.717) is 10.8 Å². The van der Waals surface area contributed by atoms with Crippen LogP contribution in [-0.4, -0.2) is 30.2 Å². The Morgan fingerprint density at radius 3 is 2.71 bits per heavy atom. The molecule has 112 valence electrons. The molecule has 0 atom stereocenters. The largest absolute Gasteiger partial charge is 0.477 e. The number of benzene rings is 1. The molecule has 0 amide bonds. The lowest BCUT2D eigenvalue weighted by Crippen LogP contribution is -2.10. The predicted octanol–water partition coefficient (Wildman–Crippen LogP) is 3.37. The first kappa shape index (κ1) is 15.5. The van der Waals surface area contributed by atoms with Crippen LogP contribution < -0.4 is 4.90 Å². The third kappa shape index (κ3) is 3.22. The zero-order valence-electron chi connectivity index (χ0n) is 12.5. The van der Waals surface area contributed by atoms with Crippen LogP contribution >= 0.6 is 11.3 Å². The summed E-state index contributed by atoms with van der Waals surface area (Å²) in [6.07, 6.45) is 0. The zero-order chi connectivity index (χ0) is 15.6. The number of carboxylic acid groups (broad SMARTS) is 1. The number of rotatable bonds is 5. The van der Waals surface area contributed by atoms with Gasteiger partial charge < -0.3 is 14.7 Å². The molecule has 6 heteroatoms. The van der Waals surface area contributed by atoms with Crippen molar-refractivity contribution in [2.45, 2.75) is 20.5 Å². The van der Waals surface area contributed by atoms with Gasteiger partial charge in [0.05, 0.1) is 12.3 Å². The van der Waals surface area contributed by atoms with Crippen molar-refractivity contribution in [2.24, 2.45) is 0 Å². The minimum Gasteiger partial charge on any atom is -0.477 e. The van der Waals surface area contributed by atoms with Crippen molar-refractivity contribution in [3.8, 4) is 0 Å². The highest BCUT2D eigenvalue weighted by molar-refractivity contribution is 7.17. The standard InChI is InChI=1S/C15H18N2O3S/c1-9-5-6-12(10(2)7-9)17(3)15-16-11(8-20-4)13(21-15)14(18)19/h5-7H,8H2,1-4H3,(H,18,19). The summed E-state index contributed by atoms with van der Waals surface area (Å²) in [5.41, 5.74) is 3.78. The summed E-state index contributed by atoms with van der Waals surface area (Å²) in [5.74, 6) is -0.972. The zero-order valence-corrected chi connectivity index (χ0v) is 13.3. The van der Waals surface area contributed by atoms with Crippen molar-refractivity contribution >= 4 is 28.1 Å². The predicted molar refractivity (Wildman–Crippen MR) is 83.8 cm³/mol. The smallest absolute Gasteiger partial charge is 0.347 e. The third-order valence-corrected chi connectivity index (χ3v) is 4.32. The van der Waals surface area contributed by atoms with Gasteiger partial charge in [-0.25, -0.2) is 9.78 Å². The number of ether oxygens (including phenoxy) is 1. The molecule has 0 spiro atoms. The Kier molecular flexibility index (Phi) is 4.59. The fraction of sp³-hybridized carbons (Fsp3) is 0.333. The van der Waals surface area contributed by atoms with Crippen molar-refractivity contribution in [2.75, 3.05) is 19.1 Å². The maximum atomic E-state index is 11.3. The second kappa shape index (κ2) is 6.24. The summed E-state index contributed by atoms with van der Waals surface area (Å²) < 4.78 is 5.02. The normalized spacial score (nSPS) is 10.7. The van der Waals surface area contributed by atoms with Gasteiger partial charge in [-0.15, -0.1) is 0 Å². The topological polar surface area (TPSA) is 62.7 Å². The SMILES string of the molecule is COCc1nc(N(C)c2ccc(C)cc2C)sc1C(=O)O. The number of hydrogen-bond acceptors (Lipinski definition) is 5. The molecule has 0 aliphatic carbocycles. The first-order valence-corrected chi connectivity index (χ1v) is 7.28. The van der Waals surface area contributed by atoms with Crippen molar-refractivity contribution in [3.05, 3.63) is 39.9 Å². The van der Waals surface area contributed by atoms with E-state index in [1.165, 1.54) is 12.7 Å². The van der Waals surface area contributed by atoms with Gasteiger partial charge in [0, 0.05) is 19.8 Å². The average Bonchev–Trinajstić information content (AvgIpc) is 2.83. The Bertz CT molecular complexity index is 667. The molecule has 0 unspecified atom stereocenters. The number of aromatic nitrogens is 1. The quantitative estimate of drug-likeness (QED) is 0.917. The number of carbonyl (C=O) groups is 1. The van der Waals surface area contributed by atoms with Gasteiger partial charge in [0.25, 0.3) is 0 Å².